The summed E-state index contributed by atoms with van der Waals surface area (Å²) < 4.78 is 2.02. The molecule has 3 rings (SSSR count). The van der Waals surface area contributed by atoms with E-state index in [0.29, 0.717) is 23.9 Å². The minimum absolute atomic E-state index is 0. The van der Waals surface area contributed by atoms with Crippen molar-refractivity contribution >= 4 is 30.1 Å². The number of carbonyl (C=O) groups excluding carboxylic acids is 1. The maximum Gasteiger partial charge on any atom is 0.226 e. The van der Waals surface area contributed by atoms with Gasteiger partial charge < -0.3 is 14.8 Å². The first-order chi connectivity index (χ1) is 11.1. The number of thioether (sulfide) groups is 1. The topological polar surface area (TPSA) is 50.2 Å². The molecule has 0 aromatic carbocycles. The van der Waals surface area contributed by atoms with Gasteiger partial charge in [-0.15, -0.1) is 12.4 Å². The summed E-state index contributed by atoms with van der Waals surface area (Å²) in [7, 11) is 2.00. The standard InChI is InChI=1S/C17H28N4OS.ClH/c1-13(12-23-3)16(22)21(11-15-19-8-9-20(15)2)14-10-17(14)4-6-18-7-5-17;/h8-9,13-14,18H,4-7,10-12H2,1-3H3;1H. The fourth-order valence-electron chi connectivity index (χ4n) is 3.88. The fraction of sp³-hybridized carbons (Fsp3) is 0.765. The SMILES string of the molecule is CSCC(C)C(=O)N(Cc1nccn1C)C1CC12CCNCC2.Cl. The summed E-state index contributed by atoms with van der Waals surface area (Å²) in [6, 6.07) is 0.401. The number of carbonyl (C=O) groups is 1. The number of aromatic nitrogens is 2. The number of amides is 1. The number of imidazole rings is 1. The molecule has 1 amide bonds. The predicted octanol–water partition coefficient (Wildman–Crippen LogP) is 2.31. The maximum absolute atomic E-state index is 13.0. The largest absolute Gasteiger partial charge is 0.337 e. The smallest absolute Gasteiger partial charge is 0.226 e. The number of nitrogens with one attached hydrogen (secondary N) is 1. The molecule has 24 heavy (non-hydrogen) atoms. The first kappa shape index (κ1) is 19.6. The lowest BCUT2D eigenvalue weighted by Crippen LogP contribution is -2.42. The molecule has 1 saturated carbocycles. The number of nitrogens with zero attached hydrogens (tertiary/aromatic N) is 3. The van der Waals surface area contributed by atoms with Crippen LogP contribution in [0.15, 0.2) is 12.4 Å². The lowest BCUT2D eigenvalue weighted by Gasteiger charge is -2.31. The van der Waals surface area contributed by atoms with Crippen LogP contribution in [0.5, 0.6) is 0 Å². The first-order valence-electron chi connectivity index (χ1n) is 8.54. The monoisotopic (exact) mass is 372 g/mol. The zero-order chi connectivity index (χ0) is 16.4. The highest BCUT2D eigenvalue weighted by molar-refractivity contribution is 7.98. The van der Waals surface area contributed by atoms with Crippen LogP contribution < -0.4 is 5.32 Å². The molecule has 0 radical (unpaired) electrons. The average Bonchev–Trinajstić information content (AvgIpc) is 3.06. The Morgan fingerprint density at radius 3 is 2.83 bits per heavy atom. The molecule has 1 aromatic heterocycles. The Morgan fingerprint density at radius 2 is 2.25 bits per heavy atom. The summed E-state index contributed by atoms with van der Waals surface area (Å²) >= 11 is 1.75. The van der Waals surface area contributed by atoms with Gasteiger partial charge in [-0.05, 0) is 44.0 Å². The minimum atomic E-state index is 0. The van der Waals surface area contributed by atoms with Crippen molar-refractivity contribution in [3.05, 3.63) is 18.2 Å². The molecule has 1 N–H and O–H groups in total. The lowest BCUT2D eigenvalue weighted by atomic mass is 9.93. The molecule has 1 aliphatic carbocycles. The summed E-state index contributed by atoms with van der Waals surface area (Å²) in [5.74, 6) is 2.23. The van der Waals surface area contributed by atoms with Crippen molar-refractivity contribution in [1.29, 1.82) is 0 Å². The highest BCUT2D eigenvalue weighted by Crippen LogP contribution is 2.56. The van der Waals surface area contributed by atoms with Gasteiger partial charge in [0.25, 0.3) is 0 Å². The van der Waals surface area contributed by atoms with Crippen LogP contribution in [0.2, 0.25) is 0 Å². The first-order valence-corrected chi connectivity index (χ1v) is 9.93. The van der Waals surface area contributed by atoms with Crippen LogP contribution >= 0.6 is 24.2 Å². The number of hydrogen-bond donors (Lipinski definition) is 1. The number of piperidine rings is 1. The van der Waals surface area contributed by atoms with E-state index in [1.165, 1.54) is 12.8 Å². The number of hydrogen-bond acceptors (Lipinski definition) is 4. The summed E-state index contributed by atoms with van der Waals surface area (Å²) in [5.41, 5.74) is 0.366. The van der Waals surface area contributed by atoms with E-state index >= 15 is 0 Å². The molecule has 5 nitrogen and oxygen atoms in total. The predicted molar refractivity (Wildman–Crippen MR) is 101 cm³/mol. The van der Waals surface area contributed by atoms with Crippen molar-refractivity contribution < 1.29 is 4.79 Å². The molecule has 2 heterocycles. The van der Waals surface area contributed by atoms with E-state index in [-0.39, 0.29) is 18.3 Å². The van der Waals surface area contributed by atoms with Crippen molar-refractivity contribution in [2.75, 3.05) is 25.1 Å². The van der Waals surface area contributed by atoms with Crippen molar-refractivity contribution in [3.63, 3.8) is 0 Å². The maximum atomic E-state index is 13.0. The molecule has 1 spiro atoms. The Morgan fingerprint density at radius 1 is 1.54 bits per heavy atom. The second-order valence-corrected chi connectivity index (χ2v) is 8.02. The third-order valence-electron chi connectivity index (χ3n) is 5.48. The van der Waals surface area contributed by atoms with Gasteiger partial charge in [0.05, 0.1) is 6.54 Å². The van der Waals surface area contributed by atoms with Crippen LogP contribution in [0, 0.1) is 11.3 Å². The van der Waals surface area contributed by atoms with Crippen LogP contribution in [0.4, 0.5) is 0 Å². The van der Waals surface area contributed by atoms with Gasteiger partial charge in [-0.2, -0.15) is 11.8 Å². The third-order valence-corrected chi connectivity index (χ3v) is 6.31. The summed E-state index contributed by atoms with van der Waals surface area (Å²) in [5, 5.41) is 3.44. The van der Waals surface area contributed by atoms with Gasteiger partial charge in [-0.3, -0.25) is 4.79 Å². The Kier molecular flexibility index (Phi) is 6.62. The molecular formula is C17H29ClN4OS. The quantitative estimate of drug-likeness (QED) is 0.832. The highest BCUT2D eigenvalue weighted by atomic mass is 35.5. The molecule has 7 heteroatoms. The zero-order valence-corrected chi connectivity index (χ0v) is 16.5. The van der Waals surface area contributed by atoms with E-state index in [1.807, 2.05) is 24.0 Å². The Hall–Kier alpha value is -0.720. The second-order valence-electron chi connectivity index (χ2n) is 7.11. The van der Waals surface area contributed by atoms with Crippen LogP contribution in [0.1, 0.15) is 32.0 Å². The molecule has 1 aromatic rings. The Labute approximate surface area is 155 Å². The van der Waals surface area contributed by atoms with Crippen LogP contribution in [-0.2, 0) is 18.4 Å². The Bertz CT molecular complexity index is 559. The molecule has 0 bridgehead atoms. The molecule has 2 unspecified atom stereocenters. The van der Waals surface area contributed by atoms with Gasteiger partial charge in [0, 0.05) is 37.2 Å². The van der Waals surface area contributed by atoms with Gasteiger partial charge >= 0.3 is 0 Å². The van der Waals surface area contributed by atoms with Gasteiger partial charge in [-0.1, -0.05) is 6.92 Å². The Balaban J connectivity index is 0.00000208. The summed E-state index contributed by atoms with van der Waals surface area (Å²) in [6.45, 7) is 4.87. The van der Waals surface area contributed by atoms with E-state index in [2.05, 4.69) is 28.4 Å². The molecule has 2 atom stereocenters. The summed E-state index contributed by atoms with van der Waals surface area (Å²) in [6.07, 6.45) is 9.39. The molecular weight excluding hydrogens is 344 g/mol. The summed E-state index contributed by atoms with van der Waals surface area (Å²) in [4.78, 5) is 19.6. The van der Waals surface area contributed by atoms with E-state index in [9.17, 15) is 4.79 Å². The van der Waals surface area contributed by atoms with Gasteiger partial charge in [-0.25, -0.2) is 4.98 Å². The van der Waals surface area contributed by atoms with Gasteiger partial charge in [0.2, 0.25) is 5.91 Å². The van der Waals surface area contributed by atoms with Crippen LogP contribution in [0.25, 0.3) is 0 Å². The number of rotatable bonds is 6. The number of aryl methyl sites for hydroxylation is 1. The van der Waals surface area contributed by atoms with E-state index in [0.717, 1.165) is 31.1 Å². The van der Waals surface area contributed by atoms with E-state index in [4.69, 9.17) is 0 Å². The molecule has 2 aliphatic rings. The fourth-order valence-corrected chi connectivity index (χ4v) is 4.52. The van der Waals surface area contributed by atoms with Crippen molar-refractivity contribution in [2.45, 2.75) is 38.8 Å². The lowest BCUT2D eigenvalue weighted by molar-refractivity contribution is -0.136. The highest BCUT2D eigenvalue weighted by Gasteiger charge is 2.58. The number of halogens is 1. The molecule has 1 saturated heterocycles. The van der Waals surface area contributed by atoms with Crippen LogP contribution in [-0.4, -0.2) is 51.5 Å². The molecule has 1 aliphatic heterocycles. The van der Waals surface area contributed by atoms with E-state index in [1.54, 1.807) is 11.8 Å². The normalized spacial score (nSPS) is 22.7. The van der Waals surface area contributed by atoms with Gasteiger partial charge in [0.15, 0.2) is 0 Å². The average molecular weight is 373 g/mol. The zero-order valence-electron chi connectivity index (χ0n) is 14.8. The third kappa shape index (κ3) is 3.92. The van der Waals surface area contributed by atoms with Crippen LogP contribution in [0.3, 0.4) is 0 Å². The molecule has 136 valence electrons. The minimum Gasteiger partial charge on any atom is -0.337 e. The van der Waals surface area contributed by atoms with Crippen molar-refractivity contribution in [3.8, 4) is 0 Å². The second kappa shape index (κ2) is 8.11. The van der Waals surface area contributed by atoms with E-state index < -0.39 is 0 Å². The van der Waals surface area contributed by atoms with Crippen molar-refractivity contribution in [1.82, 2.24) is 19.8 Å². The molecule has 2 fully saturated rings. The van der Waals surface area contributed by atoms with Gasteiger partial charge in [0.1, 0.15) is 5.82 Å². The van der Waals surface area contributed by atoms with Crippen molar-refractivity contribution in [2.24, 2.45) is 18.4 Å².